The van der Waals surface area contributed by atoms with Crippen molar-refractivity contribution in [2.45, 2.75) is 19.8 Å². The molecule has 1 heterocycles. The average molecular weight is 345 g/mol. The summed E-state index contributed by atoms with van der Waals surface area (Å²) >= 11 is 9.35. The van der Waals surface area contributed by atoms with Gasteiger partial charge in [-0.2, -0.15) is 0 Å². The fraction of sp³-hybridized carbons (Fsp3) is 0.231. The van der Waals surface area contributed by atoms with Gasteiger partial charge in [0, 0.05) is 11.4 Å². The van der Waals surface area contributed by atoms with Crippen LogP contribution in [0.2, 0.25) is 5.02 Å². The van der Waals surface area contributed by atoms with Crippen molar-refractivity contribution < 1.29 is 4.39 Å². The molecule has 0 saturated heterocycles. The number of nitrogens with two attached hydrogens (primary N) is 1. The summed E-state index contributed by atoms with van der Waals surface area (Å²) in [6.07, 6.45) is 1.17. The average Bonchev–Trinajstić information content (AvgIpc) is 2.37. The molecular weight excluding hydrogens is 333 g/mol. The number of benzene rings is 1. The first-order chi connectivity index (χ1) is 9.01. The van der Waals surface area contributed by atoms with Crippen LogP contribution in [0.4, 0.5) is 10.2 Å². The van der Waals surface area contributed by atoms with E-state index in [0.717, 1.165) is 22.2 Å². The number of rotatable bonds is 3. The van der Waals surface area contributed by atoms with Gasteiger partial charge in [-0.1, -0.05) is 24.6 Å². The Bertz CT molecular complexity index is 619. The minimum Gasteiger partial charge on any atom is -0.383 e. The van der Waals surface area contributed by atoms with Crippen LogP contribution in [0.25, 0.3) is 0 Å². The van der Waals surface area contributed by atoms with E-state index < -0.39 is 0 Å². The van der Waals surface area contributed by atoms with Gasteiger partial charge in [0.25, 0.3) is 0 Å². The topological polar surface area (TPSA) is 51.8 Å². The maximum absolute atomic E-state index is 13.0. The standard InChI is InChI=1S/C13H12BrClFN3/c1-2-10-12(14)13(17)19-11(18-10)5-7-3-4-8(16)6-9(7)15/h3-4,6H,2,5H2,1H3,(H2,17,18,19). The van der Waals surface area contributed by atoms with Crippen molar-refractivity contribution in [2.24, 2.45) is 0 Å². The van der Waals surface area contributed by atoms with Crippen molar-refractivity contribution in [3.63, 3.8) is 0 Å². The lowest BCUT2D eigenvalue weighted by Gasteiger charge is -2.08. The van der Waals surface area contributed by atoms with Crippen LogP contribution in [-0.4, -0.2) is 9.97 Å². The summed E-state index contributed by atoms with van der Waals surface area (Å²) in [6, 6.07) is 4.27. The SMILES string of the molecule is CCc1nc(Cc2ccc(F)cc2Cl)nc(N)c1Br. The predicted octanol–water partition coefficient (Wildman–Crippen LogP) is 3.77. The fourth-order valence-electron chi connectivity index (χ4n) is 1.71. The Kier molecular flexibility index (Phi) is 4.37. The van der Waals surface area contributed by atoms with E-state index in [1.807, 2.05) is 6.92 Å². The van der Waals surface area contributed by atoms with Crippen LogP contribution in [0.3, 0.4) is 0 Å². The molecule has 3 nitrogen and oxygen atoms in total. The molecule has 0 bridgehead atoms. The lowest BCUT2D eigenvalue weighted by molar-refractivity contribution is 0.627. The fourth-order valence-corrected chi connectivity index (χ4v) is 2.41. The third kappa shape index (κ3) is 3.22. The van der Waals surface area contributed by atoms with Gasteiger partial charge in [-0.05, 0) is 40.0 Å². The summed E-state index contributed by atoms with van der Waals surface area (Å²) in [5.41, 5.74) is 7.44. The molecule has 0 amide bonds. The zero-order valence-corrected chi connectivity index (χ0v) is 12.6. The highest BCUT2D eigenvalue weighted by molar-refractivity contribution is 9.10. The number of anilines is 1. The van der Waals surface area contributed by atoms with E-state index in [0.29, 0.717) is 23.1 Å². The number of halogens is 3. The molecule has 0 spiro atoms. The molecular formula is C13H12BrClFN3. The van der Waals surface area contributed by atoms with Gasteiger partial charge in [0.15, 0.2) is 0 Å². The van der Waals surface area contributed by atoms with Gasteiger partial charge >= 0.3 is 0 Å². The Morgan fingerprint density at radius 2 is 2.11 bits per heavy atom. The number of hydrogen-bond acceptors (Lipinski definition) is 3. The number of aryl methyl sites for hydroxylation is 1. The highest BCUT2D eigenvalue weighted by atomic mass is 79.9. The second kappa shape index (κ2) is 5.84. The molecule has 1 aromatic carbocycles. The molecule has 0 aliphatic heterocycles. The van der Waals surface area contributed by atoms with Gasteiger partial charge in [0.05, 0.1) is 10.2 Å². The van der Waals surface area contributed by atoms with Gasteiger partial charge in [0.2, 0.25) is 0 Å². The number of aromatic nitrogens is 2. The minimum absolute atomic E-state index is 0.362. The van der Waals surface area contributed by atoms with E-state index in [4.69, 9.17) is 17.3 Å². The number of nitrogens with zero attached hydrogens (tertiary/aromatic N) is 2. The lowest BCUT2D eigenvalue weighted by atomic mass is 10.1. The molecule has 0 atom stereocenters. The van der Waals surface area contributed by atoms with Crippen LogP contribution >= 0.6 is 27.5 Å². The molecule has 6 heteroatoms. The molecule has 2 aromatic rings. The Hall–Kier alpha value is -1.20. The van der Waals surface area contributed by atoms with Crippen molar-refractivity contribution in [3.8, 4) is 0 Å². The van der Waals surface area contributed by atoms with Crippen molar-refractivity contribution in [2.75, 3.05) is 5.73 Å². The number of hydrogen-bond donors (Lipinski definition) is 1. The van der Waals surface area contributed by atoms with Crippen LogP contribution < -0.4 is 5.73 Å². The summed E-state index contributed by atoms with van der Waals surface area (Å²) in [5.74, 6) is 0.616. The normalized spacial score (nSPS) is 10.7. The second-order valence-electron chi connectivity index (χ2n) is 4.05. The summed E-state index contributed by atoms with van der Waals surface area (Å²) < 4.78 is 13.7. The van der Waals surface area contributed by atoms with Gasteiger partial charge in [-0.25, -0.2) is 14.4 Å². The first-order valence-corrected chi connectivity index (χ1v) is 6.93. The van der Waals surface area contributed by atoms with E-state index in [-0.39, 0.29) is 5.82 Å². The smallest absolute Gasteiger partial charge is 0.141 e. The van der Waals surface area contributed by atoms with Crippen molar-refractivity contribution in [1.82, 2.24) is 9.97 Å². The monoisotopic (exact) mass is 343 g/mol. The van der Waals surface area contributed by atoms with Gasteiger partial charge in [0.1, 0.15) is 17.5 Å². The van der Waals surface area contributed by atoms with Crippen LogP contribution in [0, 0.1) is 5.82 Å². The molecule has 0 unspecified atom stereocenters. The quantitative estimate of drug-likeness (QED) is 0.922. The highest BCUT2D eigenvalue weighted by Gasteiger charge is 2.11. The molecule has 0 aliphatic carbocycles. The maximum atomic E-state index is 13.0. The summed E-state index contributed by atoms with van der Waals surface area (Å²) in [6.45, 7) is 1.99. The minimum atomic E-state index is -0.362. The highest BCUT2D eigenvalue weighted by Crippen LogP contribution is 2.24. The Labute approximate surface area is 124 Å². The third-order valence-corrected chi connectivity index (χ3v) is 3.91. The second-order valence-corrected chi connectivity index (χ2v) is 5.25. The summed E-state index contributed by atoms with van der Waals surface area (Å²) in [4.78, 5) is 8.63. The molecule has 2 rings (SSSR count). The van der Waals surface area contributed by atoms with Crippen molar-refractivity contribution in [3.05, 3.63) is 50.6 Å². The van der Waals surface area contributed by atoms with E-state index in [1.165, 1.54) is 12.1 Å². The van der Waals surface area contributed by atoms with E-state index >= 15 is 0 Å². The van der Waals surface area contributed by atoms with Gasteiger partial charge in [-0.15, -0.1) is 0 Å². The summed E-state index contributed by atoms with van der Waals surface area (Å²) in [5, 5.41) is 0.364. The van der Waals surface area contributed by atoms with Crippen LogP contribution in [0.15, 0.2) is 22.7 Å². The zero-order valence-electron chi connectivity index (χ0n) is 10.3. The molecule has 2 N–H and O–H groups in total. The maximum Gasteiger partial charge on any atom is 0.141 e. The van der Waals surface area contributed by atoms with Crippen LogP contribution in [0.1, 0.15) is 24.0 Å². The van der Waals surface area contributed by atoms with E-state index in [2.05, 4.69) is 25.9 Å². The predicted molar refractivity (Wildman–Crippen MR) is 77.7 cm³/mol. The van der Waals surface area contributed by atoms with E-state index in [9.17, 15) is 4.39 Å². The first-order valence-electron chi connectivity index (χ1n) is 5.76. The molecule has 0 saturated carbocycles. The first kappa shape index (κ1) is 14.2. The molecule has 0 fully saturated rings. The number of nitrogen functional groups attached to an aromatic ring is 1. The van der Waals surface area contributed by atoms with Crippen molar-refractivity contribution >= 4 is 33.3 Å². The third-order valence-electron chi connectivity index (χ3n) is 2.69. The van der Waals surface area contributed by atoms with E-state index in [1.54, 1.807) is 6.07 Å². The largest absolute Gasteiger partial charge is 0.383 e. The van der Waals surface area contributed by atoms with Crippen molar-refractivity contribution in [1.29, 1.82) is 0 Å². The molecule has 100 valence electrons. The molecule has 0 aliphatic rings. The molecule has 19 heavy (non-hydrogen) atoms. The Balaban J connectivity index is 2.35. The van der Waals surface area contributed by atoms with Gasteiger partial charge < -0.3 is 5.73 Å². The molecule has 0 radical (unpaired) electrons. The molecule has 1 aromatic heterocycles. The van der Waals surface area contributed by atoms with Crippen LogP contribution in [-0.2, 0) is 12.8 Å². The Morgan fingerprint density at radius 1 is 1.37 bits per heavy atom. The zero-order chi connectivity index (χ0) is 14.0. The lowest BCUT2D eigenvalue weighted by Crippen LogP contribution is -2.06. The van der Waals surface area contributed by atoms with Crippen LogP contribution in [0.5, 0.6) is 0 Å². The van der Waals surface area contributed by atoms with Gasteiger partial charge in [-0.3, -0.25) is 0 Å². The summed E-state index contributed by atoms with van der Waals surface area (Å²) in [7, 11) is 0. The Morgan fingerprint density at radius 3 is 2.74 bits per heavy atom.